The predicted octanol–water partition coefficient (Wildman–Crippen LogP) is 1.20. The first-order valence-corrected chi connectivity index (χ1v) is 11.0. The lowest BCUT2D eigenvalue weighted by molar-refractivity contribution is -0.143. The van der Waals surface area contributed by atoms with Gasteiger partial charge in [0, 0.05) is 37.6 Å². The Hall–Kier alpha value is -1.90. The molecule has 0 aromatic heterocycles. The number of carbonyl (C=O) groups excluding carboxylic acids is 3. The number of ether oxygens (including phenoxy) is 1. The quantitative estimate of drug-likeness (QED) is 0.525. The van der Waals surface area contributed by atoms with Crippen molar-refractivity contribution in [3.63, 3.8) is 0 Å². The molecule has 3 amide bonds. The van der Waals surface area contributed by atoms with E-state index < -0.39 is 17.4 Å². The second-order valence-corrected chi connectivity index (χ2v) is 8.50. The Kier molecular flexibility index (Phi) is 5.20. The second kappa shape index (κ2) is 7.50. The third-order valence-corrected chi connectivity index (χ3v) is 6.72. The van der Waals surface area contributed by atoms with E-state index in [1.165, 1.54) is 4.90 Å². The van der Waals surface area contributed by atoms with Crippen molar-refractivity contribution in [2.75, 3.05) is 37.6 Å². The summed E-state index contributed by atoms with van der Waals surface area (Å²) in [5, 5.41) is 6.35. The van der Waals surface area contributed by atoms with E-state index >= 15 is 0 Å². The van der Waals surface area contributed by atoms with Gasteiger partial charge in [0.1, 0.15) is 5.54 Å². The van der Waals surface area contributed by atoms with Crippen LogP contribution in [0.15, 0.2) is 24.3 Å². The lowest BCUT2D eigenvalue weighted by atomic mass is 9.76. The van der Waals surface area contributed by atoms with Gasteiger partial charge >= 0.3 is 0 Å². The molecule has 1 aromatic rings. The minimum absolute atomic E-state index is 0.168. The highest BCUT2D eigenvalue weighted by Gasteiger charge is 2.70. The van der Waals surface area contributed by atoms with Crippen molar-refractivity contribution >= 4 is 35.2 Å². The van der Waals surface area contributed by atoms with E-state index in [0.717, 1.165) is 17.7 Å². The van der Waals surface area contributed by atoms with Crippen molar-refractivity contribution in [1.82, 2.24) is 10.2 Å². The summed E-state index contributed by atoms with van der Waals surface area (Å²) in [4.78, 5) is 41.1. The highest BCUT2D eigenvalue weighted by molar-refractivity contribution is 7.98. The first-order valence-electron chi connectivity index (χ1n) is 9.58. The third kappa shape index (κ3) is 2.69. The maximum atomic E-state index is 13.4. The molecule has 2 fully saturated rings. The van der Waals surface area contributed by atoms with Crippen molar-refractivity contribution < 1.29 is 19.1 Å². The van der Waals surface area contributed by atoms with Crippen LogP contribution in [0.2, 0.25) is 0 Å². The standard InChI is InChI=1S/C20H25N3O4S/c1-27-10-5-9-23-17(24)15-14(8-11-28-2)22-20(16(15)18(23)25)12-6-3-4-7-13(12)21-19(20)26/h3-4,6-7,14-16,22H,5,8-11H2,1-2H3,(H,21,26)/t14-,15-,16+,20+/m1/s1. The number of nitrogens with zero attached hydrogens (tertiary/aromatic N) is 1. The number of amides is 3. The molecule has 1 spiro atoms. The Labute approximate surface area is 168 Å². The number of para-hydroxylation sites is 1. The monoisotopic (exact) mass is 403 g/mol. The van der Waals surface area contributed by atoms with E-state index in [-0.39, 0.29) is 23.8 Å². The summed E-state index contributed by atoms with van der Waals surface area (Å²) in [6, 6.07) is 7.22. The largest absolute Gasteiger partial charge is 0.385 e. The minimum Gasteiger partial charge on any atom is -0.385 e. The highest BCUT2D eigenvalue weighted by atomic mass is 32.2. The average Bonchev–Trinajstić information content (AvgIpc) is 3.27. The molecular formula is C20H25N3O4S. The molecule has 3 aliphatic rings. The summed E-state index contributed by atoms with van der Waals surface area (Å²) in [5.74, 6) is -1.03. The Balaban J connectivity index is 1.75. The summed E-state index contributed by atoms with van der Waals surface area (Å²) >= 11 is 1.69. The number of likely N-dealkylation sites (tertiary alicyclic amines) is 1. The summed E-state index contributed by atoms with van der Waals surface area (Å²) in [6.07, 6.45) is 3.33. The van der Waals surface area contributed by atoms with Crippen LogP contribution in [0.1, 0.15) is 18.4 Å². The highest BCUT2D eigenvalue weighted by Crippen LogP contribution is 2.53. The maximum Gasteiger partial charge on any atom is 0.250 e. The number of benzene rings is 1. The lowest BCUT2D eigenvalue weighted by Crippen LogP contribution is -2.53. The summed E-state index contributed by atoms with van der Waals surface area (Å²) < 4.78 is 5.07. The van der Waals surface area contributed by atoms with E-state index in [2.05, 4.69) is 10.6 Å². The van der Waals surface area contributed by atoms with Gasteiger partial charge in [0.15, 0.2) is 0 Å². The molecule has 3 heterocycles. The van der Waals surface area contributed by atoms with Crippen LogP contribution in [0.4, 0.5) is 5.69 Å². The van der Waals surface area contributed by atoms with Crippen LogP contribution in [0.5, 0.6) is 0 Å². The van der Waals surface area contributed by atoms with Gasteiger partial charge in [0.2, 0.25) is 17.7 Å². The fraction of sp³-hybridized carbons (Fsp3) is 0.550. The lowest BCUT2D eigenvalue weighted by Gasteiger charge is -2.29. The van der Waals surface area contributed by atoms with Gasteiger partial charge in [-0.1, -0.05) is 18.2 Å². The van der Waals surface area contributed by atoms with Gasteiger partial charge in [-0.25, -0.2) is 0 Å². The molecule has 0 bridgehead atoms. The molecule has 8 heteroatoms. The number of nitrogens with one attached hydrogen (secondary N) is 2. The smallest absolute Gasteiger partial charge is 0.250 e. The number of fused-ring (bicyclic) bond motifs is 4. The van der Waals surface area contributed by atoms with Crippen LogP contribution in [0.3, 0.4) is 0 Å². The second-order valence-electron chi connectivity index (χ2n) is 7.52. The maximum absolute atomic E-state index is 13.4. The number of methoxy groups -OCH3 is 1. The third-order valence-electron chi connectivity index (χ3n) is 6.08. The number of thioether (sulfide) groups is 1. The molecule has 7 nitrogen and oxygen atoms in total. The Morgan fingerprint density at radius 2 is 2.00 bits per heavy atom. The van der Waals surface area contributed by atoms with Crippen LogP contribution in [-0.4, -0.2) is 60.9 Å². The first kappa shape index (κ1) is 19.4. The average molecular weight is 404 g/mol. The Morgan fingerprint density at radius 1 is 1.21 bits per heavy atom. The molecule has 0 radical (unpaired) electrons. The molecule has 4 atom stereocenters. The molecule has 28 heavy (non-hydrogen) atoms. The predicted molar refractivity (Wildman–Crippen MR) is 107 cm³/mol. The number of carbonyl (C=O) groups is 3. The van der Waals surface area contributed by atoms with Crippen LogP contribution in [-0.2, 0) is 24.7 Å². The summed E-state index contributed by atoms with van der Waals surface area (Å²) in [7, 11) is 1.60. The van der Waals surface area contributed by atoms with Gasteiger partial charge in [-0.3, -0.25) is 24.6 Å². The number of imide groups is 1. The summed E-state index contributed by atoms with van der Waals surface area (Å²) in [5.41, 5.74) is 0.302. The normalized spacial score (nSPS) is 30.9. The minimum atomic E-state index is -1.17. The Bertz CT molecular complexity index is 816. The van der Waals surface area contributed by atoms with Crippen LogP contribution < -0.4 is 10.6 Å². The molecule has 4 rings (SSSR count). The molecule has 2 saturated heterocycles. The van der Waals surface area contributed by atoms with Gasteiger partial charge in [-0.05, 0) is 30.9 Å². The van der Waals surface area contributed by atoms with Gasteiger partial charge < -0.3 is 10.1 Å². The Morgan fingerprint density at radius 3 is 2.75 bits per heavy atom. The first-order chi connectivity index (χ1) is 13.6. The zero-order valence-electron chi connectivity index (χ0n) is 16.1. The van der Waals surface area contributed by atoms with E-state index in [4.69, 9.17) is 4.74 Å². The molecule has 3 aliphatic heterocycles. The zero-order chi connectivity index (χ0) is 19.9. The molecule has 150 valence electrons. The fourth-order valence-electron chi connectivity index (χ4n) is 4.90. The van der Waals surface area contributed by atoms with E-state index in [0.29, 0.717) is 25.3 Å². The number of hydrogen-bond donors (Lipinski definition) is 2. The van der Waals surface area contributed by atoms with Crippen molar-refractivity contribution in [2.45, 2.75) is 24.4 Å². The fourth-order valence-corrected chi connectivity index (χ4v) is 5.39. The number of rotatable bonds is 7. The van der Waals surface area contributed by atoms with Crippen molar-refractivity contribution in [3.05, 3.63) is 29.8 Å². The SMILES string of the molecule is COCCCN1C(=O)[C@H]2[C@@H](C1=O)[C@]1(N[C@@H]2CCSC)C(=O)Nc2ccccc21. The van der Waals surface area contributed by atoms with E-state index in [1.807, 2.05) is 30.5 Å². The van der Waals surface area contributed by atoms with Gasteiger partial charge in [-0.2, -0.15) is 11.8 Å². The van der Waals surface area contributed by atoms with Gasteiger partial charge in [-0.15, -0.1) is 0 Å². The summed E-state index contributed by atoms with van der Waals surface area (Å²) in [6.45, 7) is 0.808. The van der Waals surface area contributed by atoms with Gasteiger partial charge in [0.25, 0.3) is 0 Å². The molecule has 0 unspecified atom stereocenters. The molecule has 0 aliphatic carbocycles. The van der Waals surface area contributed by atoms with Crippen molar-refractivity contribution in [1.29, 1.82) is 0 Å². The van der Waals surface area contributed by atoms with Crippen molar-refractivity contribution in [3.8, 4) is 0 Å². The molecule has 0 saturated carbocycles. The molecule has 1 aromatic carbocycles. The topological polar surface area (TPSA) is 87.7 Å². The number of hydrogen-bond acceptors (Lipinski definition) is 6. The van der Waals surface area contributed by atoms with Crippen LogP contribution in [0, 0.1) is 11.8 Å². The zero-order valence-corrected chi connectivity index (χ0v) is 16.9. The van der Waals surface area contributed by atoms with E-state index in [9.17, 15) is 14.4 Å². The number of anilines is 1. The van der Waals surface area contributed by atoms with E-state index in [1.54, 1.807) is 18.9 Å². The molecule has 2 N–H and O–H groups in total. The molecular weight excluding hydrogens is 378 g/mol. The van der Waals surface area contributed by atoms with Crippen LogP contribution >= 0.6 is 11.8 Å². The van der Waals surface area contributed by atoms with Crippen LogP contribution in [0.25, 0.3) is 0 Å². The van der Waals surface area contributed by atoms with Gasteiger partial charge in [0.05, 0.1) is 11.8 Å². The van der Waals surface area contributed by atoms with Crippen molar-refractivity contribution in [2.24, 2.45) is 11.8 Å².